The fraction of sp³-hybridized carbons (Fsp3) is 0.368. The number of rotatable bonds is 4. The molecular weight excluding hydrogens is 330 g/mol. The van der Waals surface area contributed by atoms with Gasteiger partial charge in [-0.05, 0) is 37.3 Å². The van der Waals surface area contributed by atoms with E-state index in [-0.39, 0.29) is 0 Å². The molecule has 0 amide bonds. The third-order valence-electron chi connectivity index (χ3n) is 4.64. The van der Waals surface area contributed by atoms with E-state index in [1.54, 1.807) is 18.6 Å². The molecule has 1 atom stereocenters. The molecule has 4 rings (SSSR count). The van der Waals surface area contributed by atoms with Crippen LogP contribution in [0, 0.1) is 0 Å². The van der Waals surface area contributed by atoms with E-state index in [0.717, 1.165) is 23.2 Å². The molecule has 0 spiro atoms. The molecule has 0 radical (unpaired) electrons. The van der Waals surface area contributed by atoms with Crippen molar-refractivity contribution < 1.29 is 0 Å². The molecule has 1 aliphatic carbocycles. The minimum absolute atomic E-state index is 0.433. The van der Waals surface area contributed by atoms with Crippen LogP contribution in [0.2, 0.25) is 0 Å². The van der Waals surface area contributed by atoms with Crippen molar-refractivity contribution in [1.29, 1.82) is 0 Å². The van der Waals surface area contributed by atoms with Crippen LogP contribution < -0.4 is 0 Å². The molecule has 2 heterocycles. The number of benzene rings is 1. The number of aryl methyl sites for hydroxylation is 1. The van der Waals surface area contributed by atoms with Gasteiger partial charge in [0.15, 0.2) is 11.0 Å². The first kappa shape index (κ1) is 16.3. The molecule has 0 N–H and O–H groups in total. The average Bonchev–Trinajstić information content (AvgIpc) is 2.96. The van der Waals surface area contributed by atoms with Gasteiger partial charge >= 0.3 is 0 Å². The van der Waals surface area contributed by atoms with Gasteiger partial charge in [-0.3, -0.25) is 4.98 Å². The Balaban J connectivity index is 1.67. The summed E-state index contributed by atoms with van der Waals surface area (Å²) in [6.07, 6.45) is 9.98. The number of aromatic nitrogens is 5. The molecule has 0 unspecified atom stereocenters. The molecule has 2 aromatic heterocycles. The topological polar surface area (TPSA) is 56.5 Å². The second kappa shape index (κ2) is 7.35. The Morgan fingerprint density at radius 3 is 2.92 bits per heavy atom. The Kier molecular flexibility index (Phi) is 4.78. The summed E-state index contributed by atoms with van der Waals surface area (Å²) in [5.74, 6) is 0.792. The van der Waals surface area contributed by atoms with Gasteiger partial charge in [0.25, 0.3) is 0 Å². The molecule has 0 bridgehead atoms. The number of thioether (sulfide) groups is 1. The standard InChI is InChI=1S/C19H21N5S/c1-2-24-18(16-13-20-11-12-21-16)22-23-19(24)25-17-10-6-4-8-14-7-3-5-9-15(14)17/h3,5,7,9,11-13,17H,2,4,6,8,10H2,1H3/t17-/m0/s1. The second-order valence-electron chi connectivity index (χ2n) is 6.19. The molecule has 0 saturated carbocycles. The van der Waals surface area contributed by atoms with Crippen LogP contribution in [0.3, 0.4) is 0 Å². The molecule has 0 saturated heterocycles. The summed E-state index contributed by atoms with van der Waals surface area (Å²) < 4.78 is 2.14. The lowest BCUT2D eigenvalue weighted by molar-refractivity contribution is 0.673. The van der Waals surface area contributed by atoms with Crippen molar-refractivity contribution in [3.63, 3.8) is 0 Å². The summed E-state index contributed by atoms with van der Waals surface area (Å²) in [5, 5.41) is 10.3. The maximum absolute atomic E-state index is 4.47. The highest BCUT2D eigenvalue weighted by atomic mass is 32.2. The number of fused-ring (bicyclic) bond motifs is 1. The fourth-order valence-electron chi connectivity index (χ4n) is 3.39. The van der Waals surface area contributed by atoms with E-state index in [1.807, 2.05) is 11.8 Å². The van der Waals surface area contributed by atoms with Gasteiger partial charge in [-0.2, -0.15) is 0 Å². The summed E-state index contributed by atoms with van der Waals surface area (Å²) in [6, 6.07) is 8.83. The largest absolute Gasteiger partial charge is 0.301 e. The smallest absolute Gasteiger partial charge is 0.192 e. The third-order valence-corrected chi connectivity index (χ3v) is 5.92. The van der Waals surface area contributed by atoms with Crippen LogP contribution in [0.25, 0.3) is 11.5 Å². The highest BCUT2D eigenvalue weighted by Crippen LogP contribution is 2.42. The molecule has 0 fully saturated rings. The summed E-state index contributed by atoms with van der Waals surface area (Å²) in [6.45, 7) is 2.93. The zero-order valence-electron chi connectivity index (χ0n) is 14.3. The van der Waals surface area contributed by atoms with Crippen LogP contribution >= 0.6 is 11.8 Å². The van der Waals surface area contributed by atoms with Gasteiger partial charge in [-0.25, -0.2) is 4.98 Å². The normalized spacial score (nSPS) is 17.1. The van der Waals surface area contributed by atoms with Crippen LogP contribution in [0.1, 0.15) is 42.6 Å². The van der Waals surface area contributed by atoms with Gasteiger partial charge in [0, 0.05) is 24.2 Å². The molecule has 6 heteroatoms. The molecular formula is C19H21N5S. The SMILES string of the molecule is CCn1c(S[C@H]2CCCCc3ccccc32)nnc1-c1cnccn1. The van der Waals surface area contributed by atoms with Crippen LogP contribution in [-0.4, -0.2) is 24.7 Å². The van der Waals surface area contributed by atoms with Crippen molar-refractivity contribution in [2.45, 2.75) is 49.6 Å². The third kappa shape index (κ3) is 3.31. The Labute approximate surface area is 151 Å². The number of hydrogen-bond donors (Lipinski definition) is 0. The average molecular weight is 351 g/mol. The van der Waals surface area contributed by atoms with Gasteiger partial charge in [0.2, 0.25) is 0 Å². The number of nitrogens with zero attached hydrogens (tertiary/aromatic N) is 5. The Morgan fingerprint density at radius 2 is 2.08 bits per heavy atom. The first-order valence-electron chi connectivity index (χ1n) is 8.81. The lowest BCUT2D eigenvalue weighted by atomic mass is 10.0. The predicted molar refractivity (Wildman–Crippen MR) is 99.3 cm³/mol. The zero-order valence-corrected chi connectivity index (χ0v) is 15.1. The molecule has 128 valence electrons. The molecule has 3 aromatic rings. The molecule has 1 aromatic carbocycles. The highest BCUT2D eigenvalue weighted by molar-refractivity contribution is 7.99. The van der Waals surface area contributed by atoms with Crippen molar-refractivity contribution in [2.75, 3.05) is 0 Å². The van der Waals surface area contributed by atoms with Crippen molar-refractivity contribution in [2.24, 2.45) is 0 Å². The minimum atomic E-state index is 0.433. The Bertz CT molecular complexity index is 846. The monoisotopic (exact) mass is 351 g/mol. The summed E-state index contributed by atoms with van der Waals surface area (Å²) in [7, 11) is 0. The molecule has 5 nitrogen and oxygen atoms in total. The summed E-state index contributed by atoms with van der Waals surface area (Å²) in [5.41, 5.74) is 3.70. The van der Waals surface area contributed by atoms with E-state index >= 15 is 0 Å². The predicted octanol–water partition coefficient (Wildman–Crippen LogP) is 4.31. The van der Waals surface area contributed by atoms with Crippen molar-refractivity contribution in [3.05, 3.63) is 54.0 Å². The maximum atomic E-state index is 4.47. The summed E-state index contributed by atoms with van der Waals surface area (Å²) in [4.78, 5) is 8.53. The van der Waals surface area contributed by atoms with Crippen molar-refractivity contribution >= 4 is 11.8 Å². The highest BCUT2D eigenvalue weighted by Gasteiger charge is 2.23. The Hall–Kier alpha value is -2.21. The maximum Gasteiger partial charge on any atom is 0.192 e. The van der Waals surface area contributed by atoms with Gasteiger partial charge < -0.3 is 4.57 Å². The zero-order chi connectivity index (χ0) is 17.1. The van der Waals surface area contributed by atoms with E-state index in [0.29, 0.717) is 5.25 Å². The van der Waals surface area contributed by atoms with Crippen LogP contribution in [0.15, 0.2) is 48.0 Å². The van der Waals surface area contributed by atoms with Crippen LogP contribution in [0.5, 0.6) is 0 Å². The fourth-order valence-corrected chi connectivity index (χ4v) is 4.72. The minimum Gasteiger partial charge on any atom is -0.301 e. The Morgan fingerprint density at radius 1 is 1.16 bits per heavy atom. The van der Waals surface area contributed by atoms with Crippen molar-refractivity contribution in [3.8, 4) is 11.5 Å². The van der Waals surface area contributed by atoms with Crippen LogP contribution in [0.4, 0.5) is 0 Å². The van der Waals surface area contributed by atoms with Crippen molar-refractivity contribution in [1.82, 2.24) is 24.7 Å². The van der Waals surface area contributed by atoms with Gasteiger partial charge in [-0.15, -0.1) is 10.2 Å². The molecule has 25 heavy (non-hydrogen) atoms. The van der Waals surface area contributed by atoms with Gasteiger partial charge in [0.1, 0.15) is 5.69 Å². The lowest BCUT2D eigenvalue weighted by Gasteiger charge is -2.17. The van der Waals surface area contributed by atoms with E-state index in [9.17, 15) is 0 Å². The van der Waals surface area contributed by atoms with E-state index in [4.69, 9.17) is 0 Å². The van der Waals surface area contributed by atoms with E-state index in [2.05, 4.69) is 55.9 Å². The first-order chi connectivity index (χ1) is 12.4. The van der Waals surface area contributed by atoms with E-state index < -0.39 is 0 Å². The lowest BCUT2D eigenvalue weighted by Crippen LogP contribution is -2.03. The number of hydrogen-bond acceptors (Lipinski definition) is 5. The van der Waals surface area contributed by atoms with Crippen LogP contribution in [-0.2, 0) is 13.0 Å². The van der Waals surface area contributed by atoms with Gasteiger partial charge in [-0.1, -0.05) is 42.4 Å². The molecule has 0 aliphatic heterocycles. The molecule has 1 aliphatic rings. The van der Waals surface area contributed by atoms with E-state index in [1.165, 1.54) is 36.8 Å². The van der Waals surface area contributed by atoms with Gasteiger partial charge in [0.05, 0.1) is 6.20 Å². The quantitative estimate of drug-likeness (QED) is 0.655. The second-order valence-corrected chi connectivity index (χ2v) is 7.36. The first-order valence-corrected chi connectivity index (χ1v) is 9.69. The summed E-state index contributed by atoms with van der Waals surface area (Å²) >= 11 is 1.83.